The van der Waals surface area contributed by atoms with E-state index >= 15 is 0 Å². The first-order valence-electron chi connectivity index (χ1n) is 5.67. The number of nitrogens with zero attached hydrogens (tertiary/aromatic N) is 1. The number of ether oxygens (including phenoxy) is 1. The fourth-order valence-corrected chi connectivity index (χ4v) is 1.77. The van der Waals surface area contributed by atoms with Crippen molar-refractivity contribution in [1.29, 1.82) is 0 Å². The molecule has 0 fully saturated rings. The number of benzene rings is 1. The Morgan fingerprint density at radius 2 is 2.18 bits per heavy atom. The minimum absolute atomic E-state index is 0.863. The highest BCUT2D eigenvalue weighted by molar-refractivity contribution is 5.77. The van der Waals surface area contributed by atoms with Crippen molar-refractivity contribution < 1.29 is 4.74 Å². The molecule has 0 atom stereocenters. The van der Waals surface area contributed by atoms with Crippen LogP contribution in [0.3, 0.4) is 0 Å². The fraction of sp³-hybridized carbons (Fsp3) is 0.214. The lowest BCUT2D eigenvalue weighted by Gasteiger charge is -2.10. The number of nitrogens with one attached hydrogen (secondary N) is 1. The Balaban J connectivity index is 2.44. The first-order valence-corrected chi connectivity index (χ1v) is 5.67. The SMILES string of the molecule is CCNc1cnccc1-c1cccc(OC)c1. The van der Waals surface area contributed by atoms with Crippen molar-refractivity contribution in [3.05, 3.63) is 42.7 Å². The lowest BCUT2D eigenvalue weighted by molar-refractivity contribution is 0.415. The predicted molar refractivity (Wildman–Crippen MR) is 70.4 cm³/mol. The largest absolute Gasteiger partial charge is 0.497 e. The first kappa shape index (κ1) is 11.5. The molecular weight excluding hydrogens is 212 g/mol. The highest BCUT2D eigenvalue weighted by Crippen LogP contribution is 2.29. The van der Waals surface area contributed by atoms with E-state index in [4.69, 9.17) is 4.74 Å². The molecule has 0 aliphatic heterocycles. The Kier molecular flexibility index (Phi) is 3.60. The van der Waals surface area contributed by atoms with Gasteiger partial charge in [-0.15, -0.1) is 0 Å². The third-order valence-electron chi connectivity index (χ3n) is 2.57. The molecule has 1 heterocycles. The molecule has 0 radical (unpaired) electrons. The van der Waals surface area contributed by atoms with E-state index in [1.165, 1.54) is 0 Å². The van der Waals surface area contributed by atoms with Crippen molar-refractivity contribution in [3.8, 4) is 16.9 Å². The number of methoxy groups -OCH3 is 1. The van der Waals surface area contributed by atoms with Gasteiger partial charge in [-0.1, -0.05) is 12.1 Å². The summed E-state index contributed by atoms with van der Waals surface area (Å²) < 4.78 is 5.24. The highest BCUT2D eigenvalue weighted by atomic mass is 16.5. The van der Waals surface area contributed by atoms with E-state index in [2.05, 4.69) is 23.3 Å². The van der Waals surface area contributed by atoms with E-state index < -0.39 is 0 Å². The zero-order valence-corrected chi connectivity index (χ0v) is 10.1. The second kappa shape index (κ2) is 5.34. The van der Waals surface area contributed by atoms with E-state index in [9.17, 15) is 0 Å². The van der Waals surface area contributed by atoms with Crippen molar-refractivity contribution in [2.45, 2.75) is 6.92 Å². The van der Waals surface area contributed by atoms with Crippen molar-refractivity contribution in [3.63, 3.8) is 0 Å². The van der Waals surface area contributed by atoms with Crippen LogP contribution in [-0.2, 0) is 0 Å². The van der Waals surface area contributed by atoms with Gasteiger partial charge in [0, 0.05) is 18.3 Å². The molecule has 1 aromatic heterocycles. The zero-order chi connectivity index (χ0) is 12.1. The monoisotopic (exact) mass is 228 g/mol. The standard InChI is InChI=1S/C14H16N2O/c1-3-16-14-10-15-8-7-13(14)11-5-4-6-12(9-11)17-2/h4-10,16H,3H2,1-2H3. The number of pyridine rings is 1. The lowest BCUT2D eigenvalue weighted by atomic mass is 10.1. The van der Waals surface area contributed by atoms with Gasteiger partial charge in [0.2, 0.25) is 0 Å². The summed E-state index contributed by atoms with van der Waals surface area (Å²) in [4.78, 5) is 4.14. The van der Waals surface area contributed by atoms with Gasteiger partial charge in [0.1, 0.15) is 5.75 Å². The average molecular weight is 228 g/mol. The molecule has 0 saturated heterocycles. The van der Waals surface area contributed by atoms with Crippen LogP contribution in [0.15, 0.2) is 42.7 Å². The van der Waals surface area contributed by atoms with Crippen LogP contribution in [-0.4, -0.2) is 18.6 Å². The van der Waals surface area contributed by atoms with Gasteiger partial charge in [0.25, 0.3) is 0 Å². The Morgan fingerprint density at radius 3 is 2.94 bits per heavy atom. The van der Waals surface area contributed by atoms with E-state index in [0.29, 0.717) is 0 Å². The van der Waals surface area contributed by atoms with E-state index in [0.717, 1.165) is 29.1 Å². The fourth-order valence-electron chi connectivity index (χ4n) is 1.77. The molecule has 0 spiro atoms. The van der Waals surface area contributed by atoms with Crippen LogP contribution in [0, 0.1) is 0 Å². The van der Waals surface area contributed by atoms with Gasteiger partial charge >= 0.3 is 0 Å². The van der Waals surface area contributed by atoms with Crippen LogP contribution in [0.1, 0.15) is 6.92 Å². The summed E-state index contributed by atoms with van der Waals surface area (Å²) in [5, 5.41) is 3.31. The Labute approximate surface area is 101 Å². The predicted octanol–water partition coefficient (Wildman–Crippen LogP) is 3.19. The van der Waals surface area contributed by atoms with Crippen molar-refractivity contribution in [1.82, 2.24) is 4.98 Å². The van der Waals surface area contributed by atoms with E-state index in [1.54, 1.807) is 13.3 Å². The van der Waals surface area contributed by atoms with Crippen LogP contribution in [0.4, 0.5) is 5.69 Å². The molecule has 0 bridgehead atoms. The lowest BCUT2D eigenvalue weighted by Crippen LogP contribution is -1.99. The number of hydrogen-bond donors (Lipinski definition) is 1. The molecule has 0 amide bonds. The van der Waals surface area contributed by atoms with Gasteiger partial charge in [-0.25, -0.2) is 0 Å². The summed E-state index contributed by atoms with van der Waals surface area (Å²) in [6.07, 6.45) is 3.65. The highest BCUT2D eigenvalue weighted by Gasteiger charge is 2.04. The third-order valence-corrected chi connectivity index (χ3v) is 2.57. The van der Waals surface area contributed by atoms with Crippen LogP contribution in [0.25, 0.3) is 11.1 Å². The smallest absolute Gasteiger partial charge is 0.119 e. The number of aromatic nitrogens is 1. The minimum Gasteiger partial charge on any atom is -0.497 e. The van der Waals surface area contributed by atoms with Gasteiger partial charge in [-0.2, -0.15) is 0 Å². The Hall–Kier alpha value is -2.03. The van der Waals surface area contributed by atoms with Gasteiger partial charge in [-0.05, 0) is 30.7 Å². The van der Waals surface area contributed by atoms with Gasteiger partial charge < -0.3 is 10.1 Å². The summed E-state index contributed by atoms with van der Waals surface area (Å²) in [7, 11) is 1.68. The zero-order valence-electron chi connectivity index (χ0n) is 10.1. The molecule has 1 N–H and O–H groups in total. The second-order valence-electron chi connectivity index (χ2n) is 3.68. The number of anilines is 1. The van der Waals surface area contributed by atoms with Crippen molar-refractivity contribution in [2.24, 2.45) is 0 Å². The quantitative estimate of drug-likeness (QED) is 0.872. The first-order chi connectivity index (χ1) is 8.35. The van der Waals surface area contributed by atoms with Gasteiger partial charge in [-0.3, -0.25) is 4.98 Å². The molecule has 1 aromatic carbocycles. The summed E-state index contributed by atoms with van der Waals surface area (Å²) in [6, 6.07) is 10.0. The molecule has 3 heteroatoms. The third kappa shape index (κ3) is 2.56. The van der Waals surface area contributed by atoms with E-state index in [1.807, 2.05) is 30.5 Å². The van der Waals surface area contributed by atoms with Crippen LogP contribution in [0.2, 0.25) is 0 Å². The molecule has 17 heavy (non-hydrogen) atoms. The maximum absolute atomic E-state index is 5.24. The summed E-state index contributed by atoms with van der Waals surface area (Å²) in [5.41, 5.74) is 3.31. The molecule has 0 aliphatic carbocycles. The van der Waals surface area contributed by atoms with Crippen molar-refractivity contribution >= 4 is 5.69 Å². The Bertz CT molecular complexity index is 497. The van der Waals surface area contributed by atoms with Gasteiger partial charge in [0.05, 0.1) is 19.0 Å². The van der Waals surface area contributed by atoms with E-state index in [-0.39, 0.29) is 0 Å². The van der Waals surface area contributed by atoms with Crippen molar-refractivity contribution in [2.75, 3.05) is 19.0 Å². The van der Waals surface area contributed by atoms with Crippen LogP contribution < -0.4 is 10.1 Å². The minimum atomic E-state index is 0.863. The molecule has 2 aromatic rings. The maximum atomic E-state index is 5.24. The molecule has 0 saturated carbocycles. The van der Waals surface area contributed by atoms with Crippen LogP contribution in [0.5, 0.6) is 5.75 Å². The normalized spacial score (nSPS) is 10.0. The summed E-state index contributed by atoms with van der Waals surface area (Å²) in [6.45, 7) is 2.95. The molecule has 2 rings (SSSR count). The summed E-state index contributed by atoms with van der Waals surface area (Å²) in [5.74, 6) is 0.863. The average Bonchev–Trinajstić information content (AvgIpc) is 2.40. The topological polar surface area (TPSA) is 34.2 Å². The Morgan fingerprint density at radius 1 is 1.29 bits per heavy atom. The molecule has 0 unspecified atom stereocenters. The van der Waals surface area contributed by atoms with Crippen LogP contribution >= 0.6 is 0 Å². The molecule has 0 aliphatic rings. The summed E-state index contributed by atoms with van der Waals surface area (Å²) >= 11 is 0. The number of hydrogen-bond acceptors (Lipinski definition) is 3. The maximum Gasteiger partial charge on any atom is 0.119 e. The second-order valence-corrected chi connectivity index (χ2v) is 3.68. The number of rotatable bonds is 4. The molecule has 3 nitrogen and oxygen atoms in total. The van der Waals surface area contributed by atoms with Gasteiger partial charge in [0.15, 0.2) is 0 Å². The molecule has 88 valence electrons. The molecular formula is C14H16N2O.